The molecule has 0 bridgehead atoms. The number of carboxylic acids is 1. The largest absolute Gasteiger partial charge is 0.481 e. The van der Waals surface area contributed by atoms with Gasteiger partial charge in [0.2, 0.25) is 0 Å². The molecule has 1 saturated heterocycles. The third-order valence-electron chi connectivity index (χ3n) is 6.38. The Kier molecular flexibility index (Phi) is 4.40. The van der Waals surface area contributed by atoms with Crippen LogP contribution in [0, 0.1) is 5.41 Å². The minimum atomic E-state index is -0.834. The Morgan fingerprint density at radius 1 is 1.27 bits per heavy atom. The summed E-state index contributed by atoms with van der Waals surface area (Å²) in [5, 5.41) is 17.3. The number of aromatic nitrogens is 2. The monoisotopic (exact) mass is 360 g/mol. The van der Waals surface area contributed by atoms with Crippen molar-refractivity contribution >= 4 is 12.0 Å². The van der Waals surface area contributed by atoms with E-state index in [0.29, 0.717) is 19.0 Å². The molecule has 1 aromatic rings. The highest BCUT2D eigenvalue weighted by molar-refractivity contribution is 5.79. The van der Waals surface area contributed by atoms with Gasteiger partial charge in [0.05, 0.1) is 23.2 Å². The Morgan fingerprint density at radius 3 is 2.73 bits per heavy atom. The summed E-state index contributed by atoms with van der Waals surface area (Å²) in [7, 11) is 0. The number of rotatable bonds is 3. The van der Waals surface area contributed by atoms with Crippen LogP contribution < -0.4 is 5.32 Å². The van der Waals surface area contributed by atoms with Crippen molar-refractivity contribution in [1.29, 1.82) is 0 Å². The first-order chi connectivity index (χ1) is 12.5. The molecular weight excluding hydrogens is 332 g/mol. The smallest absolute Gasteiger partial charge is 0.317 e. The summed E-state index contributed by atoms with van der Waals surface area (Å²) in [4.78, 5) is 25.7. The lowest BCUT2D eigenvalue weighted by molar-refractivity contribution is -0.147. The summed E-state index contributed by atoms with van der Waals surface area (Å²) in [6.45, 7) is 2.47. The maximum Gasteiger partial charge on any atom is 0.317 e. The van der Waals surface area contributed by atoms with Crippen LogP contribution >= 0.6 is 0 Å². The fraction of sp³-hybridized carbons (Fsp3) is 0.737. The molecule has 2 amide bonds. The Labute approximate surface area is 153 Å². The number of carboxylic acid groups (broad SMARTS) is 1. The van der Waals surface area contributed by atoms with E-state index in [0.717, 1.165) is 25.0 Å². The molecule has 142 valence electrons. The average molecular weight is 360 g/mol. The highest BCUT2D eigenvalue weighted by atomic mass is 16.4. The minimum absolute atomic E-state index is 0.0643. The third kappa shape index (κ3) is 3.08. The number of hydrogen-bond acceptors (Lipinski definition) is 3. The number of carbonyl (C=O) groups excluding carboxylic acids is 1. The molecule has 2 heterocycles. The fourth-order valence-electron chi connectivity index (χ4n) is 4.61. The molecule has 26 heavy (non-hydrogen) atoms. The molecule has 1 aromatic heterocycles. The SMILES string of the molecule is CC1(C(=O)O)CCN(C(=O)NC2CCCc3cn(C4CCCC4)nc32)C1. The second kappa shape index (κ2) is 6.59. The van der Waals surface area contributed by atoms with Crippen LogP contribution in [0.25, 0.3) is 0 Å². The topological polar surface area (TPSA) is 87.5 Å². The number of likely N-dealkylation sites (tertiary alicyclic amines) is 1. The second-order valence-electron chi connectivity index (χ2n) is 8.39. The van der Waals surface area contributed by atoms with Gasteiger partial charge >= 0.3 is 12.0 Å². The van der Waals surface area contributed by atoms with Gasteiger partial charge in [-0.1, -0.05) is 12.8 Å². The zero-order chi connectivity index (χ0) is 18.3. The van der Waals surface area contributed by atoms with Gasteiger partial charge in [0, 0.05) is 19.3 Å². The fourth-order valence-corrected chi connectivity index (χ4v) is 4.61. The Hall–Kier alpha value is -2.05. The van der Waals surface area contributed by atoms with Gasteiger partial charge in [-0.25, -0.2) is 4.79 Å². The van der Waals surface area contributed by atoms with Gasteiger partial charge in [0.15, 0.2) is 0 Å². The van der Waals surface area contributed by atoms with Crippen molar-refractivity contribution in [3.63, 3.8) is 0 Å². The van der Waals surface area contributed by atoms with Gasteiger partial charge in [0.1, 0.15) is 0 Å². The number of amides is 2. The van der Waals surface area contributed by atoms with Crippen LogP contribution in [-0.2, 0) is 11.2 Å². The van der Waals surface area contributed by atoms with Crippen LogP contribution in [0.2, 0.25) is 0 Å². The molecule has 1 aliphatic heterocycles. The van der Waals surface area contributed by atoms with Crippen LogP contribution in [0.3, 0.4) is 0 Å². The van der Waals surface area contributed by atoms with E-state index in [9.17, 15) is 14.7 Å². The molecule has 7 nitrogen and oxygen atoms in total. The summed E-state index contributed by atoms with van der Waals surface area (Å²) in [5.41, 5.74) is 1.43. The summed E-state index contributed by atoms with van der Waals surface area (Å²) >= 11 is 0. The number of hydrogen-bond donors (Lipinski definition) is 2. The molecule has 0 radical (unpaired) electrons. The zero-order valence-corrected chi connectivity index (χ0v) is 15.4. The van der Waals surface area contributed by atoms with Crippen molar-refractivity contribution in [2.24, 2.45) is 5.41 Å². The Balaban J connectivity index is 1.45. The van der Waals surface area contributed by atoms with Crippen LogP contribution in [0.1, 0.15) is 75.2 Å². The molecule has 2 aliphatic carbocycles. The summed E-state index contributed by atoms with van der Waals surface area (Å²) < 4.78 is 2.12. The highest BCUT2D eigenvalue weighted by Gasteiger charge is 2.42. The number of urea groups is 1. The molecular formula is C19H28N4O3. The summed E-state index contributed by atoms with van der Waals surface area (Å²) in [5.74, 6) is -0.831. The maximum atomic E-state index is 12.7. The van der Waals surface area contributed by atoms with Crippen molar-refractivity contribution in [2.45, 2.75) is 70.4 Å². The van der Waals surface area contributed by atoms with E-state index < -0.39 is 11.4 Å². The molecule has 0 aromatic carbocycles. The third-order valence-corrected chi connectivity index (χ3v) is 6.38. The molecule has 4 rings (SSSR count). The lowest BCUT2D eigenvalue weighted by Gasteiger charge is -2.26. The maximum absolute atomic E-state index is 12.7. The van der Waals surface area contributed by atoms with E-state index in [1.54, 1.807) is 11.8 Å². The zero-order valence-electron chi connectivity index (χ0n) is 15.4. The van der Waals surface area contributed by atoms with Crippen molar-refractivity contribution in [2.75, 3.05) is 13.1 Å². The molecule has 2 N–H and O–H groups in total. The highest BCUT2D eigenvalue weighted by Crippen LogP contribution is 2.35. The molecule has 0 spiro atoms. The van der Waals surface area contributed by atoms with E-state index >= 15 is 0 Å². The number of aliphatic carboxylic acids is 1. The molecule has 7 heteroatoms. The molecule has 2 unspecified atom stereocenters. The number of fused-ring (bicyclic) bond motifs is 1. The molecule has 1 saturated carbocycles. The normalized spacial score (nSPS) is 29.0. The van der Waals surface area contributed by atoms with Gasteiger partial charge in [-0.3, -0.25) is 9.48 Å². The van der Waals surface area contributed by atoms with E-state index in [1.165, 1.54) is 31.2 Å². The lowest BCUT2D eigenvalue weighted by Crippen LogP contribution is -2.43. The van der Waals surface area contributed by atoms with Crippen LogP contribution in [0.15, 0.2) is 6.20 Å². The van der Waals surface area contributed by atoms with Gasteiger partial charge < -0.3 is 15.3 Å². The van der Waals surface area contributed by atoms with E-state index in [-0.39, 0.29) is 18.6 Å². The van der Waals surface area contributed by atoms with Gasteiger partial charge in [-0.15, -0.1) is 0 Å². The Morgan fingerprint density at radius 2 is 2.04 bits per heavy atom. The van der Waals surface area contributed by atoms with E-state index in [2.05, 4.69) is 16.2 Å². The number of nitrogens with zero attached hydrogens (tertiary/aromatic N) is 3. The number of aryl methyl sites for hydroxylation is 1. The number of nitrogens with one attached hydrogen (secondary N) is 1. The van der Waals surface area contributed by atoms with Crippen molar-refractivity contribution in [3.05, 3.63) is 17.5 Å². The first-order valence-electron chi connectivity index (χ1n) is 9.83. The summed E-state index contributed by atoms with van der Waals surface area (Å²) in [6, 6.07) is 0.278. The predicted molar refractivity (Wildman–Crippen MR) is 95.9 cm³/mol. The lowest BCUT2D eigenvalue weighted by atomic mass is 9.90. The van der Waals surface area contributed by atoms with Crippen LogP contribution in [0.5, 0.6) is 0 Å². The van der Waals surface area contributed by atoms with Crippen LogP contribution in [-0.4, -0.2) is 44.9 Å². The number of carbonyl (C=O) groups is 2. The molecule has 2 atom stereocenters. The second-order valence-corrected chi connectivity index (χ2v) is 8.39. The van der Waals surface area contributed by atoms with Crippen LogP contribution in [0.4, 0.5) is 4.79 Å². The van der Waals surface area contributed by atoms with E-state index in [4.69, 9.17) is 5.10 Å². The predicted octanol–water partition coefficient (Wildman–Crippen LogP) is 2.88. The van der Waals surface area contributed by atoms with Gasteiger partial charge in [-0.2, -0.15) is 5.10 Å². The molecule has 2 fully saturated rings. The first-order valence-corrected chi connectivity index (χ1v) is 9.83. The quantitative estimate of drug-likeness (QED) is 0.868. The van der Waals surface area contributed by atoms with Gasteiger partial charge in [-0.05, 0) is 51.0 Å². The summed E-state index contributed by atoms with van der Waals surface area (Å²) in [6.07, 6.45) is 10.6. The standard InChI is InChI=1S/C19H28N4O3/c1-19(17(24)25)9-10-22(12-19)18(26)20-15-8-4-5-13-11-23(21-16(13)15)14-6-2-3-7-14/h11,14-15H,2-10,12H2,1H3,(H,20,26)(H,24,25). The Bertz CT molecular complexity index is 710. The van der Waals surface area contributed by atoms with Gasteiger partial charge in [0.25, 0.3) is 0 Å². The van der Waals surface area contributed by atoms with Crippen molar-refractivity contribution < 1.29 is 14.7 Å². The van der Waals surface area contributed by atoms with Crippen molar-refractivity contribution in [3.8, 4) is 0 Å². The average Bonchev–Trinajstić information content (AvgIpc) is 3.34. The van der Waals surface area contributed by atoms with Crippen molar-refractivity contribution in [1.82, 2.24) is 20.0 Å². The van der Waals surface area contributed by atoms with E-state index in [1.807, 2.05) is 0 Å². The molecule has 3 aliphatic rings. The minimum Gasteiger partial charge on any atom is -0.481 e. The first kappa shape index (κ1) is 17.4.